The maximum atomic E-state index is 12.3. The molecule has 2 unspecified atom stereocenters. The second-order valence-corrected chi connectivity index (χ2v) is 7.71. The Bertz CT molecular complexity index is 560. The molecule has 0 radical (unpaired) electrons. The van der Waals surface area contributed by atoms with Crippen molar-refractivity contribution in [3.63, 3.8) is 0 Å². The summed E-state index contributed by atoms with van der Waals surface area (Å²) < 4.78 is 27.4. The van der Waals surface area contributed by atoms with Gasteiger partial charge in [0.1, 0.15) is 5.82 Å². The molecule has 1 aromatic rings. The SMILES string of the molecule is CCCNc1cc(S(=O)(=O)NCC2CCC(C)C2)ccn1. The van der Waals surface area contributed by atoms with Crippen LogP contribution in [0.15, 0.2) is 23.2 Å². The van der Waals surface area contributed by atoms with Crippen molar-refractivity contribution in [1.29, 1.82) is 0 Å². The van der Waals surface area contributed by atoms with E-state index in [-0.39, 0.29) is 4.90 Å². The first-order valence-corrected chi connectivity index (χ1v) is 9.19. The van der Waals surface area contributed by atoms with Gasteiger partial charge in [0.25, 0.3) is 0 Å². The van der Waals surface area contributed by atoms with Crippen LogP contribution in [0, 0.1) is 11.8 Å². The third-order valence-corrected chi connectivity index (χ3v) is 5.38. The molecule has 1 aromatic heterocycles. The summed E-state index contributed by atoms with van der Waals surface area (Å²) in [7, 11) is -3.44. The molecule has 0 saturated heterocycles. The van der Waals surface area contributed by atoms with E-state index in [0.29, 0.717) is 24.2 Å². The van der Waals surface area contributed by atoms with Gasteiger partial charge in [0.15, 0.2) is 0 Å². The zero-order valence-electron chi connectivity index (χ0n) is 12.8. The summed E-state index contributed by atoms with van der Waals surface area (Å²) in [6.45, 7) is 5.59. The third kappa shape index (κ3) is 4.68. The minimum atomic E-state index is -3.44. The number of nitrogens with one attached hydrogen (secondary N) is 2. The molecule has 1 aliphatic rings. The lowest BCUT2D eigenvalue weighted by molar-refractivity contribution is 0.498. The van der Waals surface area contributed by atoms with Crippen molar-refractivity contribution >= 4 is 15.8 Å². The van der Waals surface area contributed by atoms with Crippen molar-refractivity contribution < 1.29 is 8.42 Å². The van der Waals surface area contributed by atoms with Gasteiger partial charge in [0, 0.05) is 25.4 Å². The molecule has 0 aliphatic heterocycles. The van der Waals surface area contributed by atoms with Crippen molar-refractivity contribution in [2.75, 3.05) is 18.4 Å². The molecule has 5 nitrogen and oxygen atoms in total. The molecule has 2 rings (SSSR count). The van der Waals surface area contributed by atoms with Gasteiger partial charge in [-0.1, -0.05) is 20.3 Å². The molecular weight excluding hydrogens is 286 g/mol. The summed E-state index contributed by atoms with van der Waals surface area (Å²) in [5, 5.41) is 3.11. The monoisotopic (exact) mass is 311 g/mol. The van der Waals surface area contributed by atoms with Crippen LogP contribution in [0.1, 0.15) is 39.5 Å². The van der Waals surface area contributed by atoms with Gasteiger partial charge in [-0.2, -0.15) is 0 Å². The molecule has 6 heteroatoms. The summed E-state index contributed by atoms with van der Waals surface area (Å²) in [6.07, 6.45) is 5.93. The average molecular weight is 311 g/mol. The van der Waals surface area contributed by atoms with E-state index in [9.17, 15) is 8.42 Å². The molecule has 0 amide bonds. The van der Waals surface area contributed by atoms with Crippen LogP contribution in [-0.2, 0) is 10.0 Å². The second-order valence-electron chi connectivity index (χ2n) is 5.94. The van der Waals surface area contributed by atoms with Gasteiger partial charge in [0.2, 0.25) is 10.0 Å². The summed E-state index contributed by atoms with van der Waals surface area (Å²) in [5.74, 6) is 1.79. The fourth-order valence-corrected chi connectivity index (χ4v) is 3.88. The van der Waals surface area contributed by atoms with E-state index >= 15 is 0 Å². The van der Waals surface area contributed by atoms with Gasteiger partial charge in [-0.3, -0.25) is 0 Å². The van der Waals surface area contributed by atoms with Gasteiger partial charge in [-0.05, 0) is 37.2 Å². The molecule has 1 fully saturated rings. The summed E-state index contributed by atoms with van der Waals surface area (Å²) >= 11 is 0. The van der Waals surface area contributed by atoms with Gasteiger partial charge in [0.05, 0.1) is 4.90 Å². The third-order valence-electron chi connectivity index (χ3n) is 3.96. The molecule has 1 aliphatic carbocycles. The topological polar surface area (TPSA) is 71.1 Å². The van der Waals surface area contributed by atoms with Gasteiger partial charge in [-0.25, -0.2) is 18.1 Å². The number of hydrogen-bond acceptors (Lipinski definition) is 4. The van der Waals surface area contributed by atoms with E-state index < -0.39 is 10.0 Å². The first-order chi connectivity index (χ1) is 10.0. The highest BCUT2D eigenvalue weighted by Gasteiger charge is 2.23. The Kier molecular flexibility index (Phi) is 5.58. The van der Waals surface area contributed by atoms with Gasteiger partial charge >= 0.3 is 0 Å². The van der Waals surface area contributed by atoms with Crippen molar-refractivity contribution in [2.45, 2.75) is 44.4 Å². The lowest BCUT2D eigenvalue weighted by atomic mass is 10.1. The Labute approximate surface area is 127 Å². The van der Waals surface area contributed by atoms with E-state index in [1.54, 1.807) is 6.07 Å². The van der Waals surface area contributed by atoms with Crippen molar-refractivity contribution in [1.82, 2.24) is 9.71 Å². The molecule has 1 saturated carbocycles. The van der Waals surface area contributed by atoms with Crippen LogP contribution < -0.4 is 10.0 Å². The average Bonchev–Trinajstić information content (AvgIpc) is 2.89. The zero-order valence-corrected chi connectivity index (χ0v) is 13.6. The van der Waals surface area contributed by atoms with Crippen LogP contribution in [0.25, 0.3) is 0 Å². The molecule has 0 bridgehead atoms. The number of rotatable bonds is 7. The molecule has 2 atom stereocenters. The number of hydrogen-bond donors (Lipinski definition) is 2. The fourth-order valence-electron chi connectivity index (χ4n) is 2.75. The highest BCUT2D eigenvalue weighted by Crippen LogP contribution is 2.29. The maximum absolute atomic E-state index is 12.3. The Morgan fingerprint density at radius 1 is 1.38 bits per heavy atom. The summed E-state index contributed by atoms with van der Waals surface area (Å²) in [5.41, 5.74) is 0. The first kappa shape index (κ1) is 16.2. The quantitative estimate of drug-likeness (QED) is 0.812. The number of aromatic nitrogens is 1. The minimum Gasteiger partial charge on any atom is -0.370 e. The minimum absolute atomic E-state index is 0.280. The van der Waals surface area contributed by atoms with E-state index in [4.69, 9.17) is 0 Å². The number of sulfonamides is 1. The highest BCUT2D eigenvalue weighted by atomic mass is 32.2. The Morgan fingerprint density at radius 2 is 2.19 bits per heavy atom. The molecule has 1 heterocycles. The Hall–Kier alpha value is -1.14. The largest absolute Gasteiger partial charge is 0.370 e. The fraction of sp³-hybridized carbons (Fsp3) is 0.667. The lowest BCUT2D eigenvalue weighted by Crippen LogP contribution is -2.28. The van der Waals surface area contributed by atoms with Crippen molar-refractivity contribution in [3.05, 3.63) is 18.3 Å². The standard InChI is InChI=1S/C15H25N3O2S/c1-3-7-16-15-10-14(6-8-17-15)21(19,20)18-11-13-5-4-12(2)9-13/h6,8,10,12-13,18H,3-5,7,9,11H2,1-2H3,(H,16,17). The predicted molar refractivity (Wildman–Crippen MR) is 84.7 cm³/mol. The van der Waals surface area contributed by atoms with Gasteiger partial charge < -0.3 is 5.32 Å². The van der Waals surface area contributed by atoms with E-state index in [0.717, 1.165) is 25.8 Å². The van der Waals surface area contributed by atoms with Gasteiger partial charge in [-0.15, -0.1) is 0 Å². The first-order valence-electron chi connectivity index (χ1n) is 7.71. The number of anilines is 1. The second kappa shape index (κ2) is 7.22. The van der Waals surface area contributed by atoms with Crippen LogP contribution in [0.3, 0.4) is 0 Å². The Morgan fingerprint density at radius 3 is 2.86 bits per heavy atom. The zero-order chi connectivity index (χ0) is 15.3. The molecule has 118 valence electrons. The normalized spacial score (nSPS) is 22.4. The van der Waals surface area contributed by atoms with E-state index in [1.807, 2.05) is 0 Å². The van der Waals surface area contributed by atoms with Crippen molar-refractivity contribution in [3.8, 4) is 0 Å². The molecule has 0 spiro atoms. The summed E-state index contributed by atoms with van der Waals surface area (Å²) in [6, 6.07) is 3.13. The van der Waals surface area contributed by atoms with Crippen molar-refractivity contribution in [2.24, 2.45) is 11.8 Å². The lowest BCUT2D eigenvalue weighted by Gasteiger charge is -2.12. The van der Waals surface area contributed by atoms with Crippen LogP contribution in [0.2, 0.25) is 0 Å². The van der Waals surface area contributed by atoms with E-state index in [2.05, 4.69) is 28.9 Å². The number of nitrogens with zero attached hydrogens (tertiary/aromatic N) is 1. The summed E-state index contributed by atoms with van der Waals surface area (Å²) in [4.78, 5) is 4.41. The molecular formula is C15H25N3O2S. The molecule has 0 aromatic carbocycles. The predicted octanol–water partition coefficient (Wildman–Crippen LogP) is 2.62. The smallest absolute Gasteiger partial charge is 0.240 e. The maximum Gasteiger partial charge on any atom is 0.240 e. The van der Waals surface area contributed by atoms with Crippen LogP contribution in [-0.4, -0.2) is 26.5 Å². The Balaban J connectivity index is 1.98. The number of pyridine rings is 1. The highest BCUT2D eigenvalue weighted by molar-refractivity contribution is 7.89. The van der Waals surface area contributed by atoms with Crippen LogP contribution in [0.4, 0.5) is 5.82 Å². The van der Waals surface area contributed by atoms with Crippen LogP contribution in [0.5, 0.6) is 0 Å². The molecule has 21 heavy (non-hydrogen) atoms. The molecule has 2 N–H and O–H groups in total. The van der Waals surface area contributed by atoms with E-state index in [1.165, 1.54) is 18.7 Å². The van der Waals surface area contributed by atoms with Crippen LogP contribution >= 0.6 is 0 Å².